The number of hydrogen-bond donors (Lipinski definition) is 2. The van der Waals surface area contributed by atoms with Gasteiger partial charge in [-0.3, -0.25) is 9.48 Å². The smallest absolute Gasteiger partial charge is 0.224 e. The summed E-state index contributed by atoms with van der Waals surface area (Å²) in [6.07, 6.45) is 2.58. The van der Waals surface area contributed by atoms with Crippen molar-refractivity contribution in [3.63, 3.8) is 0 Å². The van der Waals surface area contributed by atoms with Gasteiger partial charge in [-0.25, -0.2) is 4.98 Å². The fourth-order valence-electron chi connectivity index (χ4n) is 2.13. The third-order valence-corrected chi connectivity index (χ3v) is 3.01. The Morgan fingerprint density at radius 2 is 2.47 bits per heavy atom. The number of nitrogens with zero attached hydrogens (tertiary/aromatic N) is 3. The Hall–Kier alpha value is -1.43. The summed E-state index contributed by atoms with van der Waals surface area (Å²) in [6.45, 7) is 4.34. The van der Waals surface area contributed by atoms with Crippen LogP contribution in [0.1, 0.15) is 19.2 Å². The van der Waals surface area contributed by atoms with Gasteiger partial charge in [0.15, 0.2) is 5.82 Å². The topological polar surface area (TPSA) is 71.8 Å². The first kappa shape index (κ1) is 12.0. The van der Waals surface area contributed by atoms with E-state index in [-0.39, 0.29) is 11.8 Å². The highest BCUT2D eigenvalue weighted by Gasteiger charge is 2.24. The lowest BCUT2D eigenvalue weighted by Gasteiger charge is -2.26. The number of hydrogen-bond acceptors (Lipinski definition) is 4. The van der Waals surface area contributed by atoms with Gasteiger partial charge in [0.2, 0.25) is 5.91 Å². The molecule has 0 aromatic carbocycles. The maximum absolute atomic E-state index is 11.9. The molecule has 2 unspecified atom stereocenters. The summed E-state index contributed by atoms with van der Waals surface area (Å²) in [6, 6.07) is 0. The molecule has 6 nitrogen and oxygen atoms in total. The Balaban J connectivity index is 1.80. The highest BCUT2D eigenvalue weighted by molar-refractivity contribution is 5.78. The molecule has 2 atom stereocenters. The van der Waals surface area contributed by atoms with E-state index in [2.05, 4.69) is 27.6 Å². The number of rotatable bonds is 3. The number of nitrogens with one attached hydrogen (secondary N) is 2. The molecular weight excluding hydrogens is 218 g/mol. The first-order valence-electron chi connectivity index (χ1n) is 5.98. The van der Waals surface area contributed by atoms with Gasteiger partial charge < -0.3 is 10.6 Å². The average molecular weight is 237 g/mol. The van der Waals surface area contributed by atoms with Crippen LogP contribution < -0.4 is 10.6 Å². The third-order valence-electron chi connectivity index (χ3n) is 3.01. The van der Waals surface area contributed by atoms with Crippen LogP contribution >= 0.6 is 0 Å². The Labute approximate surface area is 101 Å². The first-order valence-corrected chi connectivity index (χ1v) is 5.98. The van der Waals surface area contributed by atoms with Crippen LogP contribution in [0.2, 0.25) is 0 Å². The predicted octanol–water partition coefficient (Wildman–Crippen LogP) is -0.323. The molecule has 6 heteroatoms. The molecule has 1 aromatic rings. The molecule has 17 heavy (non-hydrogen) atoms. The van der Waals surface area contributed by atoms with Gasteiger partial charge in [0.1, 0.15) is 6.33 Å². The number of amides is 1. The van der Waals surface area contributed by atoms with Crippen LogP contribution in [0.25, 0.3) is 0 Å². The molecule has 0 saturated carbocycles. The van der Waals surface area contributed by atoms with Crippen molar-refractivity contribution in [2.45, 2.75) is 19.9 Å². The minimum Gasteiger partial charge on any atom is -0.348 e. The Kier molecular flexibility index (Phi) is 3.73. The minimum absolute atomic E-state index is 0.0717. The van der Waals surface area contributed by atoms with Gasteiger partial charge in [0.25, 0.3) is 0 Å². The maximum atomic E-state index is 11.9. The summed E-state index contributed by atoms with van der Waals surface area (Å²) < 4.78 is 1.63. The van der Waals surface area contributed by atoms with E-state index in [0.29, 0.717) is 18.3 Å². The predicted molar refractivity (Wildman–Crippen MR) is 63.0 cm³/mol. The lowest BCUT2D eigenvalue weighted by Crippen LogP contribution is -2.43. The van der Waals surface area contributed by atoms with Gasteiger partial charge in [-0.2, -0.15) is 5.10 Å². The van der Waals surface area contributed by atoms with Crippen LogP contribution in [0.5, 0.6) is 0 Å². The van der Waals surface area contributed by atoms with Gasteiger partial charge in [0.05, 0.1) is 12.5 Å². The van der Waals surface area contributed by atoms with E-state index < -0.39 is 0 Å². The van der Waals surface area contributed by atoms with Gasteiger partial charge in [-0.1, -0.05) is 6.92 Å². The van der Waals surface area contributed by atoms with Gasteiger partial charge >= 0.3 is 0 Å². The Bertz CT molecular complexity index is 389. The summed E-state index contributed by atoms with van der Waals surface area (Å²) in [5, 5.41) is 10.3. The Morgan fingerprint density at radius 3 is 3.12 bits per heavy atom. The van der Waals surface area contributed by atoms with Crippen molar-refractivity contribution in [3.05, 3.63) is 12.2 Å². The van der Waals surface area contributed by atoms with Crippen LogP contribution in [-0.2, 0) is 18.4 Å². The number of carbonyl (C=O) groups excluding carboxylic acids is 1. The third kappa shape index (κ3) is 3.26. The van der Waals surface area contributed by atoms with Crippen LogP contribution in [0.3, 0.4) is 0 Å². The fraction of sp³-hybridized carbons (Fsp3) is 0.727. The summed E-state index contributed by atoms with van der Waals surface area (Å²) in [5.74, 6) is 1.38. The van der Waals surface area contributed by atoms with E-state index in [1.807, 2.05) is 7.05 Å². The molecule has 0 spiro atoms. The van der Waals surface area contributed by atoms with Crippen molar-refractivity contribution < 1.29 is 4.79 Å². The number of carbonyl (C=O) groups is 1. The highest BCUT2D eigenvalue weighted by Crippen LogP contribution is 2.15. The van der Waals surface area contributed by atoms with Crippen molar-refractivity contribution in [3.8, 4) is 0 Å². The molecule has 2 rings (SSSR count). The molecule has 0 bridgehead atoms. The zero-order valence-electron chi connectivity index (χ0n) is 10.3. The zero-order valence-corrected chi connectivity index (χ0v) is 10.3. The zero-order chi connectivity index (χ0) is 12.3. The molecule has 1 aliphatic heterocycles. The van der Waals surface area contributed by atoms with Crippen LogP contribution in [-0.4, -0.2) is 33.8 Å². The Morgan fingerprint density at radius 1 is 1.65 bits per heavy atom. The number of aromatic nitrogens is 3. The van der Waals surface area contributed by atoms with Crippen molar-refractivity contribution >= 4 is 5.91 Å². The van der Waals surface area contributed by atoms with Crippen molar-refractivity contribution in [2.24, 2.45) is 18.9 Å². The molecule has 1 saturated heterocycles. The summed E-state index contributed by atoms with van der Waals surface area (Å²) in [5.41, 5.74) is 0. The van der Waals surface area contributed by atoms with E-state index in [1.165, 1.54) is 0 Å². The van der Waals surface area contributed by atoms with Crippen LogP contribution in [0, 0.1) is 11.8 Å². The van der Waals surface area contributed by atoms with E-state index in [1.54, 1.807) is 11.0 Å². The van der Waals surface area contributed by atoms with Crippen LogP contribution in [0.4, 0.5) is 0 Å². The van der Waals surface area contributed by atoms with Gasteiger partial charge in [-0.15, -0.1) is 0 Å². The fourth-order valence-corrected chi connectivity index (χ4v) is 2.13. The molecule has 1 amide bonds. The lowest BCUT2D eigenvalue weighted by molar-refractivity contribution is -0.126. The van der Waals surface area contributed by atoms with Gasteiger partial charge in [0, 0.05) is 13.6 Å². The molecule has 1 aromatic heterocycles. The normalized spacial score (nSPS) is 24.6. The molecule has 94 valence electrons. The van der Waals surface area contributed by atoms with E-state index >= 15 is 0 Å². The van der Waals surface area contributed by atoms with E-state index in [9.17, 15) is 4.79 Å². The quantitative estimate of drug-likeness (QED) is 0.755. The SMILES string of the molecule is CC1CNCC(C(=O)NCc2ncn(C)n2)C1. The monoisotopic (exact) mass is 237 g/mol. The lowest BCUT2D eigenvalue weighted by atomic mass is 9.91. The summed E-state index contributed by atoms with van der Waals surface area (Å²) in [4.78, 5) is 16.0. The first-order chi connectivity index (χ1) is 8.15. The molecule has 1 fully saturated rings. The highest BCUT2D eigenvalue weighted by atomic mass is 16.1. The van der Waals surface area contributed by atoms with E-state index in [0.717, 1.165) is 19.5 Å². The molecule has 0 radical (unpaired) electrons. The summed E-state index contributed by atoms with van der Waals surface area (Å²) >= 11 is 0. The van der Waals surface area contributed by atoms with Crippen molar-refractivity contribution in [2.75, 3.05) is 13.1 Å². The number of aryl methyl sites for hydroxylation is 1. The largest absolute Gasteiger partial charge is 0.348 e. The molecular formula is C11H19N5O. The van der Waals surface area contributed by atoms with Crippen molar-refractivity contribution in [1.29, 1.82) is 0 Å². The summed E-state index contributed by atoms with van der Waals surface area (Å²) in [7, 11) is 1.81. The standard InChI is InChI=1S/C11H19N5O/c1-8-3-9(5-12-4-8)11(17)13-6-10-14-7-16(2)15-10/h7-9,12H,3-6H2,1-2H3,(H,13,17). The molecule has 1 aliphatic rings. The second-order valence-electron chi connectivity index (χ2n) is 4.75. The van der Waals surface area contributed by atoms with Gasteiger partial charge in [-0.05, 0) is 18.9 Å². The van der Waals surface area contributed by atoms with E-state index in [4.69, 9.17) is 0 Å². The maximum Gasteiger partial charge on any atom is 0.224 e. The molecule has 0 aliphatic carbocycles. The molecule has 2 N–H and O–H groups in total. The average Bonchev–Trinajstić information content (AvgIpc) is 2.72. The van der Waals surface area contributed by atoms with Crippen LogP contribution in [0.15, 0.2) is 6.33 Å². The minimum atomic E-state index is 0.0717. The number of piperidine rings is 1. The second-order valence-corrected chi connectivity index (χ2v) is 4.75. The second kappa shape index (κ2) is 5.27. The van der Waals surface area contributed by atoms with Crippen molar-refractivity contribution in [1.82, 2.24) is 25.4 Å². The molecule has 2 heterocycles.